The Hall–Kier alpha value is -1.51. The van der Waals surface area contributed by atoms with E-state index in [4.69, 9.17) is 4.74 Å². The van der Waals surface area contributed by atoms with Crippen LogP contribution >= 0.6 is 0 Å². The van der Waals surface area contributed by atoms with Gasteiger partial charge < -0.3 is 9.64 Å². The highest BCUT2D eigenvalue weighted by molar-refractivity contribution is 5.81. The highest BCUT2D eigenvalue weighted by Crippen LogP contribution is 2.22. The van der Waals surface area contributed by atoms with E-state index in [1.54, 1.807) is 0 Å². The van der Waals surface area contributed by atoms with Gasteiger partial charge in [0.1, 0.15) is 5.75 Å². The minimum absolute atomic E-state index is 0.0794. The van der Waals surface area contributed by atoms with E-state index in [1.165, 1.54) is 19.3 Å². The lowest BCUT2D eigenvalue weighted by molar-refractivity contribution is -0.139. The first kappa shape index (κ1) is 13.9. The highest BCUT2D eigenvalue weighted by atomic mass is 16.5. The molecular weight excluding hydrogens is 238 g/mol. The van der Waals surface area contributed by atoms with Crippen molar-refractivity contribution < 1.29 is 9.53 Å². The fourth-order valence-electron chi connectivity index (χ4n) is 2.69. The summed E-state index contributed by atoms with van der Waals surface area (Å²) in [6, 6.07) is 9.92. The van der Waals surface area contributed by atoms with Crippen molar-refractivity contribution in [3.05, 3.63) is 30.3 Å². The maximum atomic E-state index is 12.3. The number of benzene rings is 1. The van der Waals surface area contributed by atoms with Gasteiger partial charge in [-0.05, 0) is 31.9 Å². The van der Waals surface area contributed by atoms with Crippen molar-refractivity contribution in [3.8, 4) is 5.75 Å². The van der Waals surface area contributed by atoms with E-state index in [2.05, 4.69) is 0 Å². The molecule has 1 fully saturated rings. The number of hydrogen-bond donors (Lipinski definition) is 0. The highest BCUT2D eigenvalue weighted by Gasteiger charge is 2.26. The van der Waals surface area contributed by atoms with E-state index in [1.807, 2.05) is 49.2 Å². The summed E-state index contributed by atoms with van der Waals surface area (Å²) in [4.78, 5) is 14.2. The summed E-state index contributed by atoms with van der Waals surface area (Å²) < 4.78 is 5.70. The average molecular weight is 261 g/mol. The Morgan fingerprint density at radius 2 is 1.84 bits per heavy atom. The number of para-hydroxylation sites is 1. The Kier molecular flexibility index (Phi) is 4.83. The van der Waals surface area contributed by atoms with Gasteiger partial charge >= 0.3 is 0 Å². The largest absolute Gasteiger partial charge is 0.481 e. The molecule has 3 heteroatoms. The van der Waals surface area contributed by atoms with Gasteiger partial charge in [-0.25, -0.2) is 0 Å². The number of likely N-dealkylation sites (N-methyl/N-ethyl adjacent to an activating group) is 1. The lowest BCUT2D eigenvalue weighted by Crippen LogP contribution is -2.44. The molecule has 0 aliphatic heterocycles. The quantitative estimate of drug-likeness (QED) is 0.832. The van der Waals surface area contributed by atoms with Gasteiger partial charge in [-0.1, -0.05) is 37.5 Å². The Morgan fingerprint density at radius 3 is 2.47 bits per heavy atom. The minimum atomic E-state index is -0.422. The maximum absolute atomic E-state index is 12.3. The van der Waals surface area contributed by atoms with Crippen LogP contribution in [0.4, 0.5) is 0 Å². The predicted molar refractivity (Wildman–Crippen MR) is 76.2 cm³/mol. The van der Waals surface area contributed by atoms with Gasteiger partial charge in [0.15, 0.2) is 6.10 Å². The molecule has 1 atom stereocenters. The number of nitrogens with zero attached hydrogens (tertiary/aromatic N) is 1. The Balaban J connectivity index is 1.90. The van der Waals surface area contributed by atoms with Crippen LogP contribution in [-0.2, 0) is 4.79 Å². The summed E-state index contributed by atoms with van der Waals surface area (Å²) in [6.07, 6.45) is 5.59. The van der Waals surface area contributed by atoms with Crippen molar-refractivity contribution in [2.75, 3.05) is 7.05 Å². The van der Waals surface area contributed by atoms with Crippen LogP contribution < -0.4 is 4.74 Å². The normalized spacial score (nSPS) is 17.8. The van der Waals surface area contributed by atoms with E-state index < -0.39 is 6.10 Å². The van der Waals surface area contributed by atoms with E-state index in [0.29, 0.717) is 6.04 Å². The molecule has 1 amide bonds. The first-order chi connectivity index (χ1) is 9.18. The Bertz CT molecular complexity index is 398. The molecule has 1 aromatic rings. The Labute approximate surface area is 115 Å². The molecule has 1 saturated carbocycles. The van der Waals surface area contributed by atoms with Crippen molar-refractivity contribution in [1.82, 2.24) is 4.90 Å². The van der Waals surface area contributed by atoms with Crippen molar-refractivity contribution in [2.45, 2.75) is 51.2 Å². The summed E-state index contributed by atoms with van der Waals surface area (Å²) in [5.41, 5.74) is 0. The van der Waals surface area contributed by atoms with Crippen molar-refractivity contribution >= 4 is 5.91 Å². The van der Waals surface area contributed by atoms with Gasteiger partial charge in [-0.2, -0.15) is 0 Å². The van der Waals surface area contributed by atoms with E-state index >= 15 is 0 Å². The fraction of sp³-hybridized carbons (Fsp3) is 0.562. The summed E-state index contributed by atoms with van der Waals surface area (Å²) >= 11 is 0. The third kappa shape index (κ3) is 3.72. The fourth-order valence-corrected chi connectivity index (χ4v) is 2.69. The third-order valence-corrected chi connectivity index (χ3v) is 3.87. The number of hydrogen-bond acceptors (Lipinski definition) is 2. The molecule has 0 aromatic heterocycles. The second-order valence-corrected chi connectivity index (χ2v) is 5.31. The maximum Gasteiger partial charge on any atom is 0.263 e. The number of rotatable bonds is 4. The second-order valence-electron chi connectivity index (χ2n) is 5.31. The molecule has 1 unspecified atom stereocenters. The molecule has 0 radical (unpaired) electrons. The monoisotopic (exact) mass is 261 g/mol. The van der Waals surface area contributed by atoms with Gasteiger partial charge in [0.2, 0.25) is 0 Å². The molecule has 2 rings (SSSR count). The van der Waals surface area contributed by atoms with Crippen LogP contribution in [-0.4, -0.2) is 30.0 Å². The number of carbonyl (C=O) groups is 1. The molecule has 0 saturated heterocycles. The van der Waals surface area contributed by atoms with Crippen LogP contribution in [0.25, 0.3) is 0 Å². The molecule has 0 bridgehead atoms. The zero-order valence-corrected chi connectivity index (χ0v) is 11.8. The number of amides is 1. The van der Waals surface area contributed by atoms with Crippen LogP contribution in [0, 0.1) is 0 Å². The van der Waals surface area contributed by atoms with Crippen molar-refractivity contribution in [2.24, 2.45) is 0 Å². The zero-order chi connectivity index (χ0) is 13.7. The molecule has 1 aliphatic rings. The van der Waals surface area contributed by atoms with Gasteiger partial charge in [0, 0.05) is 13.1 Å². The topological polar surface area (TPSA) is 29.5 Å². The summed E-state index contributed by atoms with van der Waals surface area (Å²) in [5.74, 6) is 0.830. The summed E-state index contributed by atoms with van der Waals surface area (Å²) in [5, 5.41) is 0. The molecule has 3 nitrogen and oxygen atoms in total. The van der Waals surface area contributed by atoms with Gasteiger partial charge in [0.25, 0.3) is 5.91 Å². The Morgan fingerprint density at radius 1 is 1.21 bits per heavy atom. The van der Waals surface area contributed by atoms with Gasteiger partial charge in [-0.3, -0.25) is 4.79 Å². The molecule has 19 heavy (non-hydrogen) atoms. The standard InChI is InChI=1S/C16H23NO2/c1-13(19-15-11-7-4-8-12-15)16(18)17(2)14-9-5-3-6-10-14/h4,7-8,11-14H,3,5-6,9-10H2,1-2H3. The molecule has 1 aliphatic carbocycles. The van der Waals surface area contributed by atoms with Crippen molar-refractivity contribution in [3.63, 3.8) is 0 Å². The second kappa shape index (κ2) is 6.60. The lowest BCUT2D eigenvalue weighted by Gasteiger charge is -2.32. The predicted octanol–water partition coefficient (Wildman–Crippen LogP) is 3.25. The van der Waals surface area contributed by atoms with Gasteiger partial charge in [0.05, 0.1) is 0 Å². The van der Waals surface area contributed by atoms with Crippen LogP contribution in [0.2, 0.25) is 0 Å². The summed E-state index contributed by atoms with van der Waals surface area (Å²) in [7, 11) is 1.91. The minimum Gasteiger partial charge on any atom is -0.481 e. The van der Waals surface area contributed by atoms with Crippen LogP contribution in [0.3, 0.4) is 0 Å². The average Bonchev–Trinajstić information content (AvgIpc) is 2.47. The van der Waals surface area contributed by atoms with Crippen LogP contribution in [0.1, 0.15) is 39.0 Å². The van der Waals surface area contributed by atoms with E-state index in [0.717, 1.165) is 18.6 Å². The molecule has 1 aromatic carbocycles. The first-order valence-corrected chi connectivity index (χ1v) is 7.17. The molecule has 104 valence electrons. The van der Waals surface area contributed by atoms with Crippen LogP contribution in [0.5, 0.6) is 5.75 Å². The van der Waals surface area contributed by atoms with E-state index in [9.17, 15) is 4.79 Å². The summed E-state index contributed by atoms with van der Waals surface area (Å²) in [6.45, 7) is 1.83. The van der Waals surface area contributed by atoms with Crippen molar-refractivity contribution in [1.29, 1.82) is 0 Å². The SMILES string of the molecule is CC(Oc1ccccc1)C(=O)N(C)C1CCCCC1. The zero-order valence-electron chi connectivity index (χ0n) is 11.8. The van der Waals surface area contributed by atoms with Crippen LogP contribution in [0.15, 0.2) is 30.3 Å². The first-order valence-electron chi connectivity index (χ1n) is 7.17. The van der Waals surface area contributed by atoms with E-state index in [-0.39, 0.29) is 5.91 Å². The number of ether oxygens (including phenoxy) is 1. The third-order valence-electron chi connectivity index (χ3n) is 3.87. The molecule has 0 spiro atoms. The lowest BCUT2D eigenvalue weighted by atomic mass is 9.94. The molecule has 0 heterocycles. The smallest absolute Gasteiger partial charge is 0.263 e. The number of carbonyl (C=O) groups excluding carboxylic acids is 1. The van der Waals surface area contributed by atoms with Gasteiger partial charge in [-0.15, -0.1) is 0 Å². The molecule has 0 N–H and O–H groups in total. The molecular formula is C16H23NO2.